The summed E-state index contributed by atoms with van der Waals surface area (Å²) in [5.41, 5.74) is 0.0000463. The highest BCUT2D eigenvalue weighted by molar-refractivity contribution is 5.95. The van der Waals surface area contributed by atoms with Crippen LogP contribution in [0.3, 0.4) is 0 Å². The number of nitrogens with zero attached hydrogens (tertiary/aromatic N) is 1. The van der Waals surface area contributed by atoms with E-state index >= 15 is 0 Å². The normalized spacial score (nSPS) is 11.2. The minimum atomic E-state index is -1.20. The van der Waals surface area contributed by atoms with Gasteiger partial charge in [0.2, 0.25) is 0 Å². The number of carboxylic acids is 1. The van der Waals surface area contributed by atoms with Crippen molar-refractivity contribution in [3.05, 3.63) is 11.8 Å². The van der Waals surface area contributed by atoms with E-state index < -0.39 is 11.9 Å². The zero-order valence-corrected chi connectivity index (χ0v) is 12.3. The van der Waals surface area contributed by atoms with E-state index in [9.17, 15) is 9.59 Å². The van der Waals surface area contributed by atoms with Crippen LogP contribution in [-0.2, 0) is 23.8 Å². The van der Waals surface area contributed by atoms with Gasteiger partial charge in [-0.3, -0.25) is 0 Å². The number of ether oxygens (including phenoxy) is 3. The van der Waals surface area contributed by atoms with Crippen molar-refractivity contribution in [3.8, 4) is 0 Å². The first-order chi connectivity index (χ1) is 9.56. The summed E-state index contributed by atoms with van der Waals surface area (Å²) in [5.74, 6) is -1.85. The molecule has 0 aliphatic carbocycles. The lowest BCUT2D eigenvalue weighted by molar-refractivity contribution is -0.142. The van der Waals surface area contributed by atoms with Crippen LogP contribution in [0, 0.1) is 0 Å². The predicted molar refractivity (Wildman–Crippen MR) is 72.3 cm³/mol. The molecule has 0 rings (SSSR count). The van der Waals surface area contributed by atoms with Gasteiger partial charge in [-0.05, 0) is 6.42 Å². The van der Waals surface area contributed by atoms with E-state index in [1.807, 2.05) is 6.92 Å². The molecule has 0 fully saturated rings. The van der Waals surface area contributed by atoms with Gasteiger partial charge in [-0.25, -0.2) is 9.59 Å². The Balaban J connectivity index is 4.98. The van der Waals surface area contributed by atoms with Gasteiger partial charge in [0.25, 0.3) is 0 Å². The van der Waals surface area contributed by atoms with Crippen LogP contribution in [0.25, 0.3) is 0 Å². The molecule has 0 aromatic heterocycles. The van der Waals surface area contributed by atoms with Crippen molar-refractivity contribution in [3.63, 3.8) is 0 Å². The van der Waals surface area contributed by atoms with Crippen molar-refractivity contribution < 1.29 is 28.9 Å². The number of methoxy groups -OCH3 is 2. The minimum absolute atomic E-state index is 0.0000463. The smallest absolute Gasteiger partial charge is 0.354 e. The third kappa shape index (κ3) is 7.75. The molecule has 7 heteroatoms. The standard InChI is InChI=1S/C13H23NO6/c1-4-7-20-13(17)11(10-12(15)16)14(5-8-18-2)6-9-19-3/h10H,4-9H2,1-3H3,(H,15,16)/b11-10-. The summed E-state index contributed by atoms with van der Waals surface area (Å²) in [6, 6.07) is 0. The Morgan fingerprint density at radius 1 is 1.10 bits per heavy atom. The Morgan fingerprint density at radius 3 is 2.05 bits per heavy atom. The SMILES string of the molecule is CCCOC(=O)/C(=C/C(=O)O)N(CCOC)CCOC. The molecule has 0 spiro atoms. The number of carboxylic acid groups (broad SMARTS) is 1. The van der Waals surface area contributed by atoms with Gasteiger partial charge < -0.3 is 24.2 Å². The van der Waals surface area contributed by atoms with E-state index in [2.05, 4.69) is 0 Å². The van der Waals surface area contributed by atoms with Crippen molar-refractivity contribution in [2.24, 2.45) is 0 Å². The fraction of sp³-hybridized carbons (Fsp3) is 0.692. The average Bonchev–Trinajstić information content (AvgIpc) is 2.42. The fourth-order valence-electron chi connectivity index (χ4n) is 1.42. The molecular weight excluding hydrogens is 266 g/mol. The van der Waals surface area contributed by atoms with Crippen LogP contribution >= 0.6 is 0 Å². The van der Waals surface area contributed by atoms with E-state index in [0.29, 0.717) is 32.7 Å². The maximum Gasteiger partial charge on any atom is 0.354 e. The average molecular weight is 289 g/mol. The Hall–Kier alpha value is -1.60. The molecule has 0 unspecified atom stereocenters. The highest BCUT2D eigenvalue weighted by Gasteiger charge is 2.20. The lowest BCUT2D eigenvalue weighted by Crippen LogP contribution is -2.35. The number of carbonyl (C=O) groups is 2. The maximum atomic E-state index is 11.9. The molecule has 0 radical (unpaired) electrons. The molecular formula is C13H23NO6. The van der Waals surface area contributed by atoms with Crippen LogP contribution in [0.2, 0.25) is 0 Å². The molecule has 0 saturated heterocycles. The third-order valence-electron chi connectivity index (χ3n) is 2.38. The van der Waals surface area contributed by atoms with Crippen molar-refractivity contribution in [2.45, 2.75) is 13.3 Å². The van der Waals surface area contributed by atoms with E-state index in [1.54, 1.807) is 4.90 Å². The van der Waals surface area contributed by atoms with Gasteiger partial charge in [0.05, 0.1) is 25.9 Å². The van der Waals surface area contributed by atoms with Crippen LogP contribution in [0.5, 0.6) is 0 Å². The summed E-state index contributed by atoms with van der Waals surface area (Å²) in [4.78, 5) is 24.4. The van der Waals surface area contributed by atoms with Gasteiger partial charge in [0, 0.05) is 27.3 Å². The molecule has 7 nitrogen and oxygen atoms in total. The zero-order valence-electron chi connectivity index (χ0n) is 12.3. The molecule has 0 aliphatic rings. The fourth-order valence-corrected chi connectivity index (χ4v) is 1.42. The molecule has 0 saturated carbocycles. The summed E-state index contributed by atoms with van der Waals surface area (Å²) in [6.07, 6.45) is 1.52. The second-order valence-corrected chi connectivity index (χ2v) is 3.98. The van der Waals surface area contributed by atoms with Gasteiger partial charge in [-0.1, -0.05) is 6.92 Å². The van der Waals surface area contributed by atoms with Gasteiger partial charge in [-0.2, -0.15) is 0 Å². The summed E-state index contributed by atoms with van der Waals surface area (Å²) < 4.78 is 14.9. The summed E-state index contributed by atoms with van der Waals surface area (Å²) in [6.45, 7) is 3.59. The molecule has 20 heavy (non-hydrogen) atoms. The van der Waals surface area contributed by atoms with Crippen molar-refractivity contribution in [2.75, 3.05) is 47.1 Å². The topological polar surface area (TPSA) is 85.3 Å². The molecule has 0 amide bonds. The molecule has 1 N–H and O–H groups in total. The van der Waals surface area contributed by atoms with Crippen LogP contribution < -0.4 is 0 Å². The molecule has 0 aromatic carbocycles. The van der Waals surface area contributed by atoms with Crippen molar-refractivity contribution in [1.82, 2.24) is 4.90 Å². The van der Waals surface area contributed by atoms with Crippen molar-refractivity contribution >= 4 is 11.9 Å². The largest absolute Gasteiger partial charge is 0.478 e. The Labute approximate surface area is 119 Å². The molecule has 0 aromatic rings. The summed E-state index contributed by atoms with van der Waals surface area (Å²) in [7, 11) is 3.06. The number of hydrogen-bond acceptors (Lipinski definition) is 6. The Bertz CT molecular complexity index is 321. The molecule has 0 aliphatic heterocycles. The molecule has 0 heterocycles. The summed E-state index contributed by atoms with van der Waals surface area (Å²) >= 11 is 0. The summed E-state index contributed by atoms with van der Waals surface area (Å²) in [5, 5.41) is 8.88. The molecule has 0 atom stereocenters. The van der Waals surface area contributed by atoms with Crippen molar-refractivity contribution in [1.29, 1.82) is 0 Å². The van der Waals surface area contributed by atoms with Gasteiger partial charge in [-0.15, -0.1) is 0 Å². The Morgan fingerprint density at radius 2 is 1.65 bits per heavy atom. The van der Waals surface area contributed by atoms with Crippen LogP contribution in [0.4, 0.5) is 0 Å². The monoisotopic (exact) mass is 289 g/mol. The van der Waals surface area contributed by atoms with E-state index in [-0.39, 0.29) is 12.3 Å². The highest BCUT2D eigenvalue weighted by Crippen LogP contribution is 2.08. The van der Waals surface area contributed by atoms with Crippen LogP contribution in [-0.4, -0.2) is 69.1 Å². The van der Waals surface area contributed by atoms with Crippen LogP contribution in [0.1, 0.15) is 13.3 Å². The quantitative estimate of drug-likeness (QED) is 0.438. The number of esters is 1. The second kappa shape index (κ2) is 11.2. The van der Waals surface area contributed by atoms with E-state index in [1.165, 1.54) is 14.2 Å². The van der Waals surface area contributed by atoms with Crippen LogP contribution in [0.15, 0.2) is 11.8 Å². The highest BCUT2D eigenvalue weighted by atomic mass is 16.5. The number of hydrogen-bond donors (Lipinski definition) is 1. The van der Waals surface area contributed by atoms with Gasteiger partial charge >= 0.3 is 11.9 Å². The third-order valence-corrected chi connectivity index (χ3v) is 2.38. The van der Waals surface area contributed by atoms with Gasteiger partial charge in [0.1, 0.15) is 5.70 Å². The minimum Gasteiger partial charge on any atom is -0.478 e. The lowest BCUT2D eigenvalue weighted by atomic mass is 10.3. The molecule has 0 bridgehead atoms. The first kappa shape index (κ1) is 18.4. The number of aliphatic carboxylic acids is 1. The predicted octanol–water partition coefficient (Wildman–Crippen LogP) is 0.503. The van der Waals surface area contributed by atoms with E-state index in [4.69, 9.17) is 19.3 Å². The number of rotatable bonds is 11. The maximum absolute atomic E-state index is 11.9. The molecule has 116 valence electrons. The Kier molecular flexibility index (Phi) is 10.3. The first-order valence-corrected chi connectivity index (χ1v) is 6.41. The van der Waals surface area contributed by atoms with E-state index in [0.717, 1.165) is 6.08 Å². The second-order valence-electron chi connectivity index (χ2n) is 3.98. The first-order valence-electron chi connectivity index (χ1n) is 6.41. The number of carbonyl (C=O) groups excluding carboxylic acids is 1. The lowest BCUT2D eigenvalue weighted by Gasteiger charge is -2.25. The van der Waals surface area contributed by atoms with Gasteiger partial charge in [0.15, 0.2) is 0 Å². The zero-order chi connectivity index (χ0) is 15.4.